The lowest BCUT2D eigenvalue weighted by atomic mass is 9.49. The fourth-order valence-electron chi connectivity index (χ4n) is 6.86. The number of aryl methyl sites for hydroxylation is 1. The molecule has 33 heavy (non-hydrogen) atoms. The van der Waals surface area contributed by atoms with Crippen molar-refractivity contribution in [1.82, 2.24) is 9.38 Å². The molecule has 0 radical (unpaired) electrons. The number of rotatable bonds is 5. The third-order valence-electron chi connectivity index (χ3n) is 7.94. The number of ether oxygens (including phenoxy) is 1. The smallest absolute Gasteiger partial charge is 0.258 e. The Labute approximate surface area is 193 Å². The number of carbonyl (C=O) groups excluding carboxylic acids is 1. The number of nitrogens with one attached hydrogen (secondary N) is 1. The number of aromatic nitrogens is 2. The van der Waals surface area contributed by atoms with E-state index in [4.69, 9.17) is 4.74 Å². The maximum absolute atomic E-state index is 13.4. The number of hydrogen-bond donors (Lipinski definition) is 1. The van der Waals surface area contributed by atoms with Gasteiger partial charge in [0, 0.05) is 24.0 Å². The van der Waals surface area contributed by atoms with Gasteiger partial charge in [-0.3, -0.25) is 14.0 Å². The van der Waals surface area contributed by atoms with E-state index >= 15 is 0 Å². The molecule has 0 saturated heterocycles. The van der Waals surface area contributed by atoms with Gasteiger partial charge in [-0.05, 0) is 87.0 Å². The van der Waals surface area contributed by atoms with Crippen molar-refractivity contribution in [1.29, 1.82) is 0 Å². The second-order valence-electron chi connectivity index (χ2n) is 10.4. The fourth-order valence-corrected chi connectivity index (χ4v) is 6.86. The molecule has 4 fully saturated rings. The number of pyridine rings is 1. The van der Waals surface area contributed by atoms with E-state index in [-0.39, 0.29) is 23.5 Å². The lowest BCUT2D eigenvalue weighted by Crippen LogP contribution is -2.51. The highest BCUT2D eigenvalue weighted by molar-refractivity contribution is 5.95. The Balaban J connectivity index is 1.16. The summed E-state index contributed by atoms with van der Waals surface area (Å²) in [5.74, 6) is 3.03. The molecule has 7 rings (SSSR count). The first kappa shape index (κ1) is 20.5. The molecule has 6 heteroatoms. The van der Waals surface area contributed by atoms with E-state index in [1.807, 2.05) is 43.3 Å². The minimum absolute atomic E-state index is 0.126. The van der Waals surface area contributed by atoms with Crippen molar-refractivity contribution in [3.8, 4) is 5.75 Å². The van der Waals surface area contributed by atoms with Gasteiger partial charge < -0.3 is 10.1 Å². The van der Waals surface area contributed by atoms with Crippen LogP contribution in [0.25, 0.3) is 5.65 Å². The maximum Gasteiger partial charge on any atom is 0.258 e. The average molecular weight is 444 g/mol. The number of nitrogens with zero attached hydrogens (tertiary/aromatic N) is 2. The molecule has 1 aromatic carbocycles. The lowest BCUT2D eigenvalue weighted by molar-refractivity contribution is -0.140. The van der Waals surface area contributed by atoms with Gasteiger partial charge in [-0.2, -0.15) is 0 Å². The van der Waals surface area contributed by atoms with Gasteiger partial charge >= 0.3 is 0 Å². The van der Waals surface area contributed by atoms with Gasteiger partial charge in [-0.15, -0.1) is 0 Å². The van der Waals surface area contributed by atoms with Crippen LogP contribution in [0, 0.1) is 30.1 Å². The zero-order valence-electron chi connectivity index (χ0n) is 18.9. The zero-order chi connectivity index (χ0) is 22.6. The van der Waals surface area contributed by atoms with Crippen LogP contribution in [0.1, 0.15) is 49.8 Å². The van der Waals surface area contributed by atoms with Gasteiger partial charge in [-0.25, -0.2) is 4.98 Å². The molecule has 3 aromatic rings. The first-order valence-corrected chi connectivity index (χ1v) is 12.0. The molecule has 4 aliphatic carbocycles. The Morgan fingerprint density at radius 2 is 1.82 bits per heavy atom. The second kappa shape index (κ2) is 7.72. The van der Waals surface area contributed by atoms with E-state index < -0.39 is 0 Å². The Kier molecular flexibility index (Phi) is 4.78. The third kappa shape index (κ3) is 3.71. The molecule has 1 N–H and O–H groups in total. The molecule has 0 unspecified atom stereocenters. The summed E-state index contributed by atoms with van der Waals surface area (Å²) in [6, 6.07) is 12.8. The molecular weight excluding hydrogens is 414 g/mol. The highest BCUT2D eigenvalue weighted by Crippen LogP contribution is 2.60. The van der Waals surface area contributed by atoms with Gasteiger partial charge in [0.05, 0.1) is 11.1 Å². The summed E-state index contributed by atoms with van der Waals surface area (Å²) in [4.78, 5) is 30.4. The van der Waals surface area contributed by atoms with Crippen LogP contribution < -0.4 is 15.6 Å². The Hall–Kier alpha value is -3.15. The third-order valence-corrected chi connectivity index (χ3v) is 7.94. The van der Waals surface area contributed by atoms with Crippen molar-refractivity contribution in [2.24, 2.45) is 23.2 Å². The quantitative estimate of drug-likeness (QED) is 0.618. The van der Waals surface area contributed by atoms with E-state index in [2.05, 4.69) is 10.3 Å². The molecule has 2 aromatic heterocycles. The van der Waals surface area contributed by atoms with Crippen LogP contribution in [0.3, 0.4) is 0 Å². The summed E-state index contributed by atoms with van der Waals surface area (Å²) in [5.41, 5.74) is 2.61. The summed E-state index contributed by atoms with van der Waals surface area (Å²) in [5, 5.41) is 3.19. The number of benzene rings is 1. The van der Waals surface area contributed by atoms with Crippen LogP contribution in [0.5, 0.6) is 5.75 Å². The van der Waals surface area contributed by atoms with E-state index in [1.165, 1.54) is 25.3 Å². The van der Waals surface area contributed by atoms with Crippen molar-refractivity contribution < 1.29 is 9.53 Å². The molecule has 0 aliphatic heterocycles. The zero-order valence-corrected chi connectivity index (χ0v) is 18.9. The van der Waals surface area contributed by atoms with E-state index in [0.29, 0.717) is 17.1 Å². The van der Waals surface area contributed by atoms with Gasteiger partial charge in [0.15, 0.2) is 0 Å². The molecule has 170 valence electrons. The Bertz CT molecular complexity index is 1260. The SMILES string of the molecule is Cc1cccn2c(=O)cc(COc3cccc(NC(=O)C45CC6CC(CC(C6)C4)C5)c3)nc12. The number of amides is 1. The number of anilines is 1. The van der Waals surface area contributed by atoms with Crippen molar-refractivity contribution >= 4 is 17.2 Å². The normalized spacial score (nSPS) is 27.6. The topological polar surface area (TPSA) is 72.7 Å². The summed E-state index contributed by atoms with van der Waals surface area (Å²) < 4.78 is 7.49. The standard InChI is InChI=1S/C27H29N3O3/c1-17-4-3-7-30-24(31)12-22(28-25(17)30)16-33-23-6-2-5-21(11-23)29-26(32)27-13-18-8-19(14-27)10-20(9-18)15-27/h2-7,11-12,18-20H,8-10,13-16H2,1H3,(H,29,32). The van der Waals surface area contributed by atoms with Crippen LogP contribution >= 0.6 is 0 Å². The van der Waals surface area contributed by atoms with Crippen LogP contribution in [0.2, 0.25) is 0 Å². The summed E-state index contributed by atoms with van der Waals surface area (Å²) in [7, 11) is 0. The van der Waals surface area contributed by atoms with Gasteiger partial charge in [0.25, 0.3) is 5.56 Å². The molecule has 0 atom stereocenters. The summed E-state index contributed by atoms with van der Waals surface area (Å²) in [6.07, 6.45) is 8.82. The molecular formula is C27H29N3O3. The first-order chi connectivity index (χ1) is 16.0. The number of carbonyl (C=O) groups is 1. The predicted molar refractivity (Wildman–Crippen MR) is 126 cm³/mol. The predicted octanol–water partition coefficient (Wildman–Crippen LogP) is 4.74. The number of fused-ring (bicyclic) bond motifs is 1. The van der Waals surface area contributed by atoms with Gasteiger partial charge in [-0.1, -0.05) is 12.1 Å². The Morgan fingerprint density at radius 1 is 1.09 bits per heavy atom. The van der Waals surface area contributed by atoms with Crippen molar-refractivity contribution in [3.05, 3.63) is 70.3 Å². The second-order valence-corrected chi connectivity index (χ2v) is 10.4. The molecule has 6 nitrogen and oxygen atoms in total. The maximum atomic E-state index is 13.4. The summed E-state index contributed by atoms with van der Waals surface area (Å²) >= 11 is 0. The number of hydrogen-bond acceptors (Lipinski definition) is 4. The average Bonchev–Trinajstić information content (AvgIpc) is 2.78. The summed E-state index contributed by atoms with van der Waals surface area (Å²) in [6.45, 7) is 2.12. The van der Waals surface area contributed by atoms with E-state index in [0.717, 1.165) is 48.3 Å². The monoisotopic (exact) mass is 443 g/mol. The van der Waals surface area contributed by atoms with Gasteiger partial charge in [0.1, 0.15) is 18.0 Å². The minimum atomic E-state index is -0.180. The van der Waals surface area contributed by atoms with E-state index in [9.17, 15) is 9.59 Å². The highest BCUT2D eigenvalue weighted by atomic mass is 16.5. The van der Waals surface area contributed by atoms with Crippen molar-refractivity contribution in [2.75, 3.05) is 5.32 Å². The van der Waals surface area contributed by atoms with Crippen LogP contribution in [0.15, 0.2) is 53.5 Å². The molecule has 4 bridgehead atoms. The molecule has 0 spiro atoms. The lowest BCUT2D eigenvalue weighted by Gasteiger charge is -2.55. The van der Waals surface area contributed by atoms with Gasteiger partial charge in [0.2, 0.25) is 5.91 Å². The van der Waals surface area contributed by atoms with Crippen LogP contribution in [-0.2, 0) is 11.4 Å². The molecule has 1 amide bonds. The van der Waals surface area contributed by atoms with E-state index in [1.54, 1.807) is 10.6 Å². The minimum Gasteiger partial charge on any atom is -0.487 e. The first-order valence-electron chi connectivity index (χ1n) is 12.0. The molecule has 2 heterocycles. The fraction of sp³-hybridized carbons (Fsp3) is 0.444. The Morgan fingerprint density at radius 3 is 2.55 bits per heavy atom. The van der Waals surface area contributed by atoms with Crippen LogP contribution in [-0.4, -0.2) is 15.3 Å². The van der Waals surface area contributed by atoms with Crippen molar-refractivity contribution in [3.63, 3.8) is 0 Å². The van der Waals surface area contributed by atoms with Crippen LogP contribution in [0.4, 0.5) is 5.69 Å². The highest BCUT2D eigenvalue weighted by Gasteiger charge is 2.54. The molecule has 4 saturated carbocycles. The largest absolute Gasteiger partial charge is 0.487 e. The van der Waals surface area contributed by atoms with Crippen molar-refractivity contribution in [2.45, 2.75) is 52.1 Å². The molecule has 4 aliphatic rings.